The third-order valence-corrected chi connectivity index (χ3v) is 7.39. The fourth-order valence-corrected chi connectivity index (χ4v) is 4.90. The van der Waals surface area contributed by atoms with Gasteiger partial charge in [-0.1, -0.05) is 51.1 Å². The number of hydrogen-bond acceptors (Lipinski definition) is 4. The van der Waals surface area contributed by atoms with Crippen LogP contribution in [-0.4, -0.2) is 34.0 Å². The second-order valence-electron chi connectivity index (χ2n) is 10.6. The number of nitrogens with zero attached hydrogens (tertiary/aromatic N) is 3. The topological polar surface area (TPSA) is 64.4 Å². The molecule has 0 spiro atoms. The molecule has 0 N–H and O–H groups in total. The van der Waals surface area contributed by atoms with Crippen LogP contribution >= 0.6 is 0 Å². The third-order valence-electron chi connectivity index (χ3n) is 7.39. The summed E-state index contributed by atoms with van der Waals surface area (Å²) in [5.74, 6) is 1.79. The lowest BCUT2D eigenvalue weighted by molar-refractivity contribution is -0.133. The quantitative estimate of drug-likeness (QED) is 0.235. The maximum atomic E-state index is 14.0. The lowest BCUT2D eigenvalue weighted by Gasteiger charge is -2.33. The Morgan fingerprint density at radius 1 is 1.00 bits per heavy atom. The van der Waals surface area contributed by atoms with Crippen LogP contribution in [0.3, 0.4) is 0 Å². The van der Waals surface area contributed by atoms with Gasteiger partial charge in [0.05, 0.1) is 36.2 Å². The molecule has 1 atom stereocenters. The molecule has 1 amide bonds. The van der Waals surface area contributed by atoms with Crippen molar-refractivity contribution in [2.45, 2.75) is 59.9 Å². The van der Waals surface area contributed by atoms with Gasteiger partial charge in [0.1, 0.15) is 11.6 Å². The van der Waals surface area contributed by atoms with Crippen molar-refractivity contribution in [3.63, 3.8) is 0 Å². The van der Waals surface area contributed by atoms with Crippen LogP contribution in [0.5, 0.6) is 5.75 Å². The molecule has 0 saturated heterocycles. The molecule has 1 heterocycles. The summed E-state index contributed by atoms with van der Waals surface area (Å²) >= 11 is 0. The number of fused-ring (bicyclic) bond motifs is 1. The Morgan fingerprint density at radius 3 is 2.36 bits per heavy atom. The highest BCUT2D eigenvalue weighted by Gasteiger charge is 2.29. The highest BCUT2D eigenvalue weighted by atomic mass is 16.5. The minimum absolute atomic E-state index is 0.0155. The molecule has 0 saturated carbocycles. The van der Waals surface area contributed by atoms with E-state index in [1.54, 1.807) is 11.7 Å². The summed E-state index contributed by atoms with van der Waals surface area (Å²) in [4.78, 5) is 34.9. The van der Waals surface area contributed by atoms with E-state index in [0.717, 1.165) is 34.5 Å². The molecule has 4 rings (SSSR count). The van der Waals surface area contributed by atoms with Gasteiger partial charge >= 0.3 is 0 Å². The van der Waals surface area contributed by atoms with Gasteiger partial charge in [-0.05, 0) is 85.7 Å². The number of para-hydroxylation sites is 1. The molecule has 6 heteroatoms. The predicted molar refractivity (Wildman–Crippen MR) is 158 cm³/mol. The number of carbonyl (C=O) groups is 1. The zero-order chi connectivity index (χ0) is 28.1. The Kier molecular flexibility index (Phi) is 8.85. The van der Waals surface area contributed by atoms with Crippen molar-refractivity contribution in [1.29, 1.82) is 0 Å². The molecule has 4 aromatic rings. The second kappa shape index (κ2) is 12.3. The van der Waals surface area contributed by atoms with Crippen LogP contribution in [0.1, 0.15) is 62.2 Å². The van der Waals surface area contributed by atoms with Crippen LogP contribution < -0.4 is 10.3 Å². The molecule has 39 heavy (non-hydrogen) atoms. The summed E-state index contributed by atoms with van der Waals surface area (Å²) in [6.07, 6.45) is 1.74. The molecule has 1 aromatic heterocycles. The second-order valence-corrected chi connectivity index (χ2v) is 10.6. The van der Waals surface area contributed by atoms with Gasteiger partial charge in [0.25, 0.3) is 5.56 Å². The molecule has 0 radical (unpaired) electrons. The van der Waals surface area contributed by atoms with Crippen LogP contribution in [-0.2, 0) is 11.2 Å². The van der Waals surface area contributed by atoms with Crippen molar-refractivity contribution in [3.8, 4) is 11.4 Å². The Hall–Kier alpha value is -3.93. The summed E-state index contributed by atoms with van der Waals surface area (Å²) in [5, 5.41) is 0.563. The highest BCUT2D eigenvalue weighted by Crippen LogP contribution is 2.28. The summed E-state index contributed by atoms with van der Waals surface area (Å²) in [7, 11) is 1.63. The van der Waals surface area contributed by atoms with E-state index >= 15 is 0 Å². The SMILES string of the molecule is CCC(c1nc2ccccc2c(=O)n1-c1ccc(C)c(C)c1)N(CCC(C)C)C(=O)Cc1ccc(OC)cc1. The Balaban J connectivity index is 1.86. The molecule has 204 valence electrons. The fourth-order valence-electron chi connectivity index (χ4n) is 4.90. The van der Waals surface area contributed by atoms with Crippen molar-refractivity contribution in [1.82, 2.24) is 14.5 Å². The van der Waals surface area contributed by atoms with Crippen LogP contribution in [0.15, 0.2) is 71.5 Å². The van der Waals surface area contributed by atoms with Crippen LogP contribution in [0.4, 0.5) is 0 Å². The highest BCUT2D eigenvalue weighted by molar-refractivity contribution is 5.80. The number of aromatic nitrogens is 2. The monoisotopic (exact) mass is 525 g/mol. The molecule has 0 fully saturated rings. The van der Waals surface area contributed by atoms with Crippen LogP contribution in [0, 0.1) is 19.8 Å². The van der Waals surface area contributed by atoms with Gasteiger partial charge in [0.2, 0.25) is 5.91 Å². The number of benzene rings is 3. The lowest BCUT2D eigenvalue weighted by atomic mass is 10.0. The van der Waals surface area contributed by atoms with Crippen molar-refractivity contribution >= 4 is 16.8 Å². The van der Waals surface area contributed by atoms with Crippen molar-refractivity contribution in [3.05, 3.63) is 99.6 Å². The molecule has 1 unspecified atom stereocenters. The summed E-state index contributed by atoms with van der Waals surface area (Å²) < 4.78 is 7.00. The molecular formula is C33H39N3O3. The van der Waals surface area contributed by atoms with Gasteiger partial charge in [0.15, 0.2) is 0 Å². The number of aryl methyl sites for hydroxylation is 2. The summed E-state index contributed by atoms with van der Waals surface area (Å²) in [6, 6.07) is 20.7. The lowest BCUT2D eigenvalue weighted by Crippen LogP contribution is -2.40. The number of methoxy groups -OCH3 is 1. The van der Waals surface area contributed by atoms with E-state index in [9.17, 15) is 9.59 Å². The van der Waals surface area contributed by atoms with E-state index in [0.29, 0.717) is 35.6 Å². The van der Waals surface area contributed by atoms with Gasteiger partial charge in [-0.15, -0.1) is 0 Å². The smallest absolute Gasteiger partial charge is 0.266 e. The Morgan fingerprint density at radius 2 is 1.72 bits per heavy atom. The standard InChI is InChI=1S/C33H39N3O3/c1-7-30(35(19-18-22(2)3)31(37)21-25-13-16-27(39-6)17-14-25)32-34-29-11-9-8-10-28(29)33(38)36(32)26-15-12-23(4)24(5)20-26/h8-17,20,22,30H,7,18-19,21H2,1-6H3. The van der Waals surface area contributed by atoms with E-state index in [1.165, 1.54) is 0 Å². The van der Waals surface area contributed by atoms with E-state index in [-0.39, 0.29) is 23.9 Å². The van der Waals surface area contributed by atoms with Crippen LogP contribution in [0.2, 0.25) is 0 Å². The fraction of sp³-hybridized carbons (Fsp3) is 0.364. The first-order chi connectivity index (χ1) is 18.7. The largest absolute Gasteiger partial charge is 0.497 e. The summed E-state index contributed by atoms with van der Waals surface area (Å²) in [6.45, 7) is 11.1. The van der Waals surface area contributed by atoms with E-state index < -0.39 is 0 Å². The minimum Gasteiger partial charge on any atom is -0.497 e. The summed E-state index contributed by atoms with van der Waals surface area (Å²) in [5.41, 5.74) is 4.46. The molecule has 0 aliphatic rings. The number of amides is 1. The normalized spacial score (nSPS) is 12.1. The van der Waals surface area contributed by atoms with Crippen molar-refractivity contribution in [2.75, 3.05) is 13.7 Å². The molecule has 0 aliphatic heterocycles. The van der Waals surface area contributed by atoms with E-state index in [4.69, 9.17) is 9.72 Å². The third kappa shape index (κ3) is 6.22. The van der Waals surface area contributed by atoms with Gasteiger partial charge in [-0.25, -0.2) is 4.98 Å². The first-order valence-electron chi connectivity index (χ1n) is 13.7. The van der Waals surface area contributed by atoms with Crippen molar-refractivity contribution < 1.29 is 9.53 Å². The molecule has 6 nitrogen and oxygen atoms in total. The maximum absolute atomic E-state index is 14.0. The Labute approximate surface area is 231 Å². The molecule has 3 aromatic carbocycles. The maximum Gasteiger partial charge on any atom is 0.266 e. The molecule has 0 aliphatic carbocycles. The van der Waals surface area contributed by atoms with E-state index in [2.05, 4.69) is 27.7 Å². The van der Waals surface area contributed by atoms with Gasteiger partial charge < -0.3 is 9.64 Å². The zero-order valence-corrected chi connectivity index (χ0v) is 23.9. The minimum atomic E-state index is -0.367. The predicted octanol–water partition coefficient (Wildman–Crippen LogP) is 6.58. The number of ether oxygens (including phenoxy) is 1. The average molecular weight is 526 g/mol. The molecule has 0 bridgehead atoms. The van der Waals surface area contributed by atoms with Gasteiger partial charge in [0, 0.05) is 6.54 Å². The number of hydrogen-bond donors (Lipinski definition) is 0. The number of rotatable bonds is 10. The van der Waals surface area contributed by atoms with Crippen molar-refractivity contribution in [2.24, 2.45) is 5.92 Å². The Bertz CT molecular complexity index is 1510. The van der Waals surface area contributed by atoms with Gasteiger partial charge in [-0.2, -0.15) is 0 Å². The number of carbonyl (C=O) groups excluding carboxylic acids is 1. The first-order valence-corrected chi connectivity index (χ1v) is 13.7. The average Bonchev–Trinajstić information content (AvgIpc) is 2.93. The molecular weight excluding hydrogens is 486 g/mol. The van der Waals surface area contributed by atoms with Crippen LogP contribution in [0.25, 0.3) is 16.6 Å². The van der Waals surface area contributed by atoms with Gasteiger partial charge in [-0.3, -0.25) is 14.2 Å². The first kappa shape index (κ1) is 28.1. The van der Waals surface area contributed by atoms with E-state index in [1.807, 2.05) is 78.6 Å². The zero-order valence-electron chi connectivity index (χ0n) is 23.9.